The normalized spacial score (nSPS) is 12.8. The summed E-state index contributed by atoms with van der Waals surface area (Å²) in [6.07, 6.45) is 0. The van der Waals surface area contributed by atoms with Crippen molar-refractivity contribution in [3.63, 3.8) is 0 Å². The van der Waals surface area contributed by atoms with Gasteiger partial charge in [-0.25, -0.2) is 0 Å². The summed E-state index contributed by atoms with van der Waals surface area (Å²) < 4.78 is 17.7. The molecule has 7 aromatic heterocycles. The van der Waals surface area contributed by atoms with Crippen LogP contribution in [0.1, 0.15) is 74.9 Å². The molecule has 0 amide bonds. The average Bonchev–Trinajstić information content (AvgIpc) is 1.52. The molecule has 0 fully saturated rings. The maximum absolute atomic E-state index is 2.50. The SMILES string of the molecule is CC(C)(C)c1ccc2c(c1)c1cc(C(C)(C)C)ccc1n2-c1cccc2c1c1ccccc1n2-c1ccc2ccccc2c1.c1ccc(C2(c3ccccc3)c3ccccc3-c3cc(-n4c5ccccc5c5c(-n6c7ccccc7c7ccccc76)cccc54)ccc32)cc1.c1ccc2c(c1)[se]c1ccc(-n3c4ccccc4c4c(-n5c6ccccc6c6ccccc65)cccc43)cc12. The van der Waals surface area contributed by atoms with E-state index in [2.05, 4.69) is 518 Å². The number of hydrogen-bond donors (Lipinski definition) is 0. The van der Waals surface area contributed by atoms with E-state index in [0.717, 1.165) is 5.69 Å². The molecule has 27 aromatic rings. The number of para-hydroxylation sites is 7. The molecule has 28 rings (SSSR count). The van der Waals surface area contributed by atoms with Crippen molar-refractivity contribution < 1.29 is 0 Å². The molecule has 0 saturated carbocycles. The van der Waals surface area contributed by atoms with Crippen LogP contribution in [0.2, 0.25) is 0 Å². The van der Waals surface area contributed by atoms with Gasteiger partial charge in [0, 0.05) is 54.5 Å². The van der Waals surface area contributed by atoms with Crippen molar-refractivity contribution in [1.29, 1.82) is 0 Å². The fraction of sp³-hybridized carbons (Fsp3) is 0.0709. The van der Waals surface area contributed by atoms with E-state index in [1.807, 2.05) is 0 Å². The monoisotopic (exact) mass is 1780 g/mol. The number of aromatic nitrogens is 6. The van der Waals surface area contributed by atoms with Crippen molar-refractivity contribution >= 4 is 175 Å². The van der Waals surface area contributed by atoms with Crippen LogP contribution in [-0.2, 0) is 16.2 Å². The molecule has 0 N–H and O–H groups in total. The van der Waals surface area contributed by atoms with Gasteiger partial charge in [-0.1, -0.05) is 272 Å². The molecule has 20 aromatic carbocycles. The van der Waals surface area contributed by atoms with E-state index in [4.69, 9.17) is 0 Å². The summed E-state index contributed by atoms with van der Waals surface area (Å²) >= 11 is 0.370. The van der Waals surface area contributed by atoms with E-state index >= 15 is 0 Å². The Labute approximate surface area is 782 Å². The molecular weight excluding hydrogens is 1690 g/mol. The maximum atomic E-state index is 2.50. The Morgan fingerprint density at radius 1 is 0.194 bits per heavy atom. The first-order valence-electron chi connectivity index (χ1n) is 46.7. The summed E-state index contributed by atoms with van der Waals surface area (Å²) in [6.45, 7) is 13.8. The van der Waals surface area contributed by atoms with Gasteiger partial charge >= 0.3 is 219 Å². The predicted molar refractivity (Wildman–Crippen MR) is 570 cm³/mol. The van der Waals surface area contributed by atoms with Crippen LogP contribution in [0.4, 0.5) is 0 Å². The van der Waals surface area contributed by atoms with E-state index in [0.29, 0.717) is 14.5 Å². The quantitative estimate of drug-likeness (QED) is 0.136. The van der Waals surface area contributed by atoms with Crippen molar-refractivity contribution in [2.45, 2.75) is 57.8 Å². The molecule has 0 unspecified atom stereocenters. The molecule has 0 aliphatic heterocycles. The second-order valence-corrected chi connectivity index (χ2v) is 40.5. The van der Waals surface area contributed by atoms with E-state index in [-0.39, 0.29) is 10.8 Å². The minimum absolute atomic E-state index is 0.0670. The molecule has 1 aliphatic rings. The molecule has 6 nitrogen and oxygen atoms in total. The zero-order valence-electron chi connectivity index (χ0n) is 75.3. The molecule has 0 bridgehead atoms. The van der Waals surface area contributed by atoms with Crippen LogP contribution in [0.5, 0.6) is 0 Å². The molecule has 0 spiro atoms. The first-order valence-corrected chi connectivity index (χ1v) is 48.4. The summed E-state index contributed by atoms with van der Waals surface area (Å²) in [7, 11) is 0. The van der Waals surface area contributed by atoms with Crippen molar-refractivity contribution in [2.24, 2.45) is 0 Å². The summed E-state index contributed by atoms with van der Waals surface area (Å²) in [4.78, 5) is 0. The van der Waals surface area contributed by atoms with Gasteiger partial charge in [-0.2, -0.15) is 0 Å². The third-order valence-corrected chi connectivity index (χ3v) is 31.1. The Balaban J connectivity index is 0.000000106. The molecule has 1 aliphatic carbocycles. The molecule has 636 valence electrons. The molecule has 0 saturated heterocycles. The number of benzene rings is 20. The number of fused-ring (bicyclic) bond motifs is 25. The Morgan fingerprint density at radius 3 is 0.978 bits per heavy atom. The van der Waals surface area contributed by atoms with Crippen molar-refractivity contribution in [2.75, 3.05) is 0 Å². The van der Waals surface area contributed by atoms with Crippen LogP contribution in [0, 0.1) is 0 Å². The molecule has 7 heterocycles. The van der Waals surface area contributed by atoms with Crippen LogP contribution in [0.15, 0.2) is 449 Å². The van der Waals surface area contributed by atoms with Gasteiger partial charge in [-0.15, -0.1) is 0 Å². The topological polar surface area (TPSA) is 29.6 Å². The fourth-order valence-electron chi connectivity index (χ4n) is 22.7. The van der Waals surface area contributed by atoms with Crippen LogP contribution >= 0.6 is 0 Å². The van der Waals surface area contributed by atoms with Crippen LogP contribution in [0.3, 0.4) is 0 Å². The van der Waals surface area contributed by atoms with E-state index in [9.17, 15) is 0 Å². The Kier molecular flexibility index (Phi) is 18.0. The first-order chi connectivity index (χ1) is 65.8. The summed E-state index contributed by atoms with van der Waals surface area (Å²) in [6, 6.07) is 166. The minimum atomic E-state index is -0.419. The number of nitrogens with zero attached hydrogens (tertiary/aromatic N) is 6. The average molecular weight is 1780 g/mol. The first kappa shape index (κ1) is 79.0. The van der Waals surface area contributed by atoms with Gasteiger partial charge in [0.15, 0.2) is 0 Å². The second kappa shape index (κ2) is 30.5. The standard InChI is InChI=1S/C49H32N2.C42H38N2.C36H22N2Se/c1-3-16-33(17-4-1)49(34-18-5-2-6-19-34)41-24-11-7-20-36(41)40-32-35(30-31-42(40)49)50-45-27-14-10-23-39(45)48-46(50)28-15-29-47(48)51-43-25-12-8-21-37(43)38-22-9-13-26-44(38)51;1-41(2,3)29-19-22-36-33(25-29)34-26-30(42(4,5)6)20-23-37(34)44(36)39-17-11-16-38-40(39)32-14-9-10-15-35(32)43(38)31-21-18-27-12-7-8-13-28(27)24-31;1-5-14-29-24(10-1)25-11-2-6-15-30(25)38(29)33-18-9-17-32-36(33)27-13-3-7-16-31(27)37(32)23-20-21-35-28(22-23)26-12-4-8-19-34(26)39-35/h1-32H;7-26H,1-6H3;1-22H. The van der Waals surface area contributed by atoms with E-state index in [1.54, 1.807) is 0 Å². The zero-order chi connectivity index (χ0) is 89.4. The van der Waals surface area contributed by atoms with Crippen LogP contribution < -0.4 is 0 Å². The molecular formula is C127H92N6Se. The Morgan fingerprint density at radius 2 is 0.522 bits per heavy atom. The Hall–Kier alpha value is -16.0. The van der Waals surface area contributed by atoms with Gasteiger partial charge in [-0.3, -0.25) is 0 Å². The molecule has 134 heavy (non-hydrogen) atoms. The van der Waals surface area contributed by atoms with Gasteiger partial charge < -0.3 is 18.3 Å². The summed E-state index contributed by atoms with van der Waals surface area (Å²) in [5.74, 6) is 0. The molecule has 7 heteroatoms. The number of rotatable bonds is 8. The zero-order valence-corrected chi connectivity index (χ0v) is 77.0. The van der Waals surface area contributed by atoms with Gasteiger partial charge in [-0.05, 0) is 163 Å². The van der Waals surface area contributed by atoms with Gasteiger partial charge in [0.25, 0.3) is 0 Å². The van der Waals surface area contributed by atoms with Gasteiger partial charge in [0.2, 0.25) is 0 Å². The van der Waals surface area contributed by atoms with Crippen LogP contribution in [0.25, 0.3) is 206 Å². The van der Waals surface area contributed by atoms with Crippen molar-refractivity contribution in [3.05, 3.63) is 482 Å². The third kappa shape index (κ3) is 12.0. The summed E-state index contributed by atoms with van der Waals surface area (Å²) in [5, 5.41) is 20.6. The molecule has 0 radical (unpaired) electrons. The summed E-state index contributed by atoms with van der Waals surface area (Å²) in [5.41, 5.74) is 32.1. The van der Waals surface area contributed by atoms with Crippen molar-refractivity contribution in [1.82, 2.24) is 27.4 Å². The third-order valence-electron chi connectivity index (χ3n) is 28.7. The van der Waals surface area contributed by atoms with Crippen molar-refractivity contribution in [3.8, 4) is 45.3 Å². The second-order valence-electron chi connectivity index (χ2n) is 38.2. The number of hydrogen-bond acceptors (Lipinski definition) is 0. The van der Waals surface area contributed by atoms with E-state index in [1.165, 1.54) is 234 Å². The fourth-order valence-corrected chi connectivity index (χ4v) is 25.0. The van der Waals surface area contributed by atoms with E-state index < -0.39 is 5.41 Å². The predicted octanol–water partition coefficient (Wildman–Crippen LogP) is 33.1. The Bertz CT molecular complexity index is 9270. The van der Waals surface area contributed by atoms with Gasteiger partial charge in [0.05, 0.1) is 60.9 Å². The van der Waals surface area contributed by atoms with Crippen LogP contribution in [-0.4, -0.2) is 41.9 Å². The molecule has 0 atom stereocenters. The van der Waals surface area contributed by atoms with Gasteiger partial charge in [0.1, 0.15) is 0 Å².